The quantitative estimate of drug-likeness (QED) is 0.623. The Bertz CT molecular complexity index is 253. The average molecular weight is 194 g/mol. The van der Waals surface area contributed by atoms with Gasteiger partial charge in [-0.15, -0.1) is 0 Å². The molecule has 1 aliphatic carbocycles. The van der Waals surface area contributed by atoms with Gasteiger partial charge in [-0.3, -0.25) is 5.10 Å². The zero-order valence-electron chi connectivity index (χ0n) is 8.59. The fraction of sp³-hybridized carbons (Fsp3) is 0.700. The summed E-state index contributed by atoms with van der Waals surface area (Å²) in [5.41, 5.74) is 1.14. The third-order valence-electron chi connectivity index (χ3n) is 2.49. The van der Waals surface area contributed by atoms with Crippen molar-refractivity contribution in [1.82, 2.24) is 20.8 Å². The summed E-state index contributed by atoms with van der Waals surface area (Å²) in [5.74, 6) is 0. The molecule has 1 aromatic heterocycles. The van der Waals surface area contributed by atoms with E-state index in [0.29, 0.717) is 6.04 Å². The monoisotopic (exact) mass is 194 g/mol. The Hall–Kier alpha value is -0.870. The largest absolute Gasteiger partial charge is 0.312 e. The lowest BCUT2D eigenvalue weighted by Gasteiger charge is -2.13. The van der Waals surface area contributed by atoms with E-state index in [2.05, 4.69) is 27.8 Å². The normalized spacial score (nSPS) is 18.4. The molecular formula is C10H18N4. The van der Waals surface area contributed by atoms with E-state index in [9.17, 15) is 0 Å². The summed E-state index contributed by atoms with van der Waals surface area (Å²) >= 11 is 0. The summed E-state index contributed by atoms with van der Waals surface area (Å²) in [5, 5.41) is 13.8. The Morgan fingerprint density at radius 2 is 2.50 bits per heavy atom. The second kappa shape index (κ2) is 4.57. The molecule has 0 spiro atoms. The zero-order chi connectivity index (χ0) is 9.80. The number of rotatable bonds is 6. The first-order valence-corrected chi connectivity index (χ1v) is 5.29. The molecule has 1 heterocycles. The van der Waals surface area contributed by atoms with Crippen LogP contribution < -0.4 is 10.6 Å². The van der Waals surface area contributed by atoms with Gasteiger partial charge in [0.15, 0.2) is 0 Å². The summed E-state index contributed by atoms with van der Waals surface area (Å²) in [6.07, 6.45) is 4.49. The number of nitrogens with one attached hydrogen (secondary N) is 3. The highest BCUT2D eigenvalue weighted by atomic mass is 15.1. The molecule has 1 aromatic rings. The van der Waals surface area contributed by atoms with E-state index in [1.807, 2.05) is 6.07 Å². The van der Waals surface area contributed by atoms with Gasteiger partial charge < -0.3 is 10.6 Å². The molecule has 1 saturated carbocycles. The predicted octanol–water partition coefficient (Wildman–Crippen LogP) is 0.640. The first-order chi connectivity index (χ1) is 6.84. The molecule has 1 aliphatic rings. The topological polar surface area (TPSA) is 52.7 Å². The van der Waals surface area contributed by atoms with Gasteiger partial charge in [0.05, 0.1) is 0 Å². The van der Waals surface area contributed by atoms with Crippen LogP contribution >= 0.6 is 0 Å². The van der Waals surface area contributed by atoms with Gasteiger partial charge in [0.25, 0.3) is 0 Å². The van der Waals surface area contributed by atoms with E-state index < -0.39 is 0 Å². The molecule has 3 N–H and O–H groups in total. The first kappa shape index (κ1) is 9.68. The summed E-state index contributed by atoms with van der Waals surface area (Å²) in [6.45, 7) is 4.12. The van der Waals surface area contributed by atoms with Gasteiger partial charge in [0.1, 0.15) is 0 Å². The first-order valence-electron chi connectivity index (χ1n) is 5.29. The van der Waals surface area contributed by atoms with Crippen LogP contribution in [-0.2, 0) is 6.54 Å². The summed E-state index contributed by atoms with van der Waals surface area (Å²) < 4.78 is 0. The Balaban J connectivity index is 1.59. The van der Waals surface area contributed by atoms with Crippen molar-refractivity contribution in [3.05, 3.63) is 18.0 Å². The van der Waals surface area contributed by atoms with E-state index in [-0.39, 0.29) is 0 Å². The van der Waals surface area contributed by atoms with Crippen LogP contribution in [0.2, 0.25) is 0 Å². The van der Waals surface area contributed by atoms with Crippen LogP contribution in [-0.4, -0.2) is 28.8 Å². The lowest BCUT2D eigenvalue weighted by Crippen LogP contribution is -2.36. The van der Waals surface area contributed by atoms with Crippen LogP contribution in [0.5, 0.6) is 0 Å². The molecule has 1 fully saturated rings. The van der Waals surface area contributed by atoms with Gasteiger partial charge in [0.2, 0.25) is 0 Å². The molecule has 0 bridgehead atoms. The molecule has 4 nitrogen and oxygen atoms in total. The third-order valence-corrected chi connectivity index (χ3v) is 2.49. The van der Waals surface area contributed by atoms with Crippen LogP contribution in [0.25, 0.3) is 0 Å². The van der Waals surface area contributed by atoms with E-state index in [1.54, 1.807) is 6.20 Å². The maximum absolute atomic E-state index is 3.90. The van der Waals surface area contributed by atoms with Crippen molar-refractivity contribution in [1.29, 1.82) is 0 Å². The highest BCUT2D eigenvalue weighted by Gasteiger charge is 2.20. The fourth-order valence-electron chi connectivity index (χ4n) is 1.37. The predicted molar refractivity (Wildman–Crippen MR) is 55.9 cm³/mol. The van der Waals surface area contributed by atoms with Crippen molar-refractivity contribution < 1.29 is 0 Å². The Labute approximate surface area is 84.5 Å². The van der Waals surface area contributed by atoms with Gasteiger partial charge in [-0.1, -0.05) is 0 Å². The third kappa shape index (κ3) is 3.12. The minimum atomic E-state index is 0.513. The van der Waals surface area contributed by atoms with Crippen LogP contribution in [0, 0.1) is 0 Å². The van der Waals surface area contributed by atoms with Crippen molar-refractivity contribution in [2.24, 2.45) is 0 Å². The molecule has 0 aromatic carbocycles. The van der Waals surface area contributed by atoms with E-state index in [1.165, 1.54) is 12.8 Å². The van der Waals surface area contributed by atoms with Crippen LogP contribution in [0.4, 0.5) is 0 Å². The second-order valence-corrected chi connectivity index (χ2v) is 4.05. The molecule has 0 saturated heterocycles. The van der Waals surface area contributed by atoms with Crippen LogP contribution in [0.1, 0.15) is 25.5 Å². The average Bonchev–Trinajstić information content (AvgIpc) is 2.87. The van der Waals surface area contributed by atoms with Crippen molar-refractivity contribution >= 4 is 0 Å². The van der Waals surface area contributed by atoms with E-state index in [4.69, 9.17) is 0 Å². The molecule has 1 atom stereocenters. The minimum absolute atomic E-state index is 0.513. The Morgan fingerprint density at radius 3 is 3.14 bits per heavy atom. The number of hydrogen-bond acceptors (Lipinski definition) is 3. The maximum atomic E-state index is 3.90. The number of hydrogen-bond donors (Lipinski definition) is 3. The molecule has 0 amide bonds. The molecular weight excluding hydrogens is 176 g/mol. The SMILES string of the molecule is CC(CNC1CC1)NCc1ccn[nH]1. The second-order valence-electron chi connectivity index (χ2n) is 4.05. The van der Waals surface area contributed by atoms with E-state index in [0.717, 1.165) is 24.8 Å². The lowest BCUT2D eigenvalue weighted by molar-refractivity contribution is 0.496. The standard InChI is InChI=1S/C10H18N4/c1-8(6-12-9-2-3-9)11-7-10-4-5-13-14-10/h4-5,8-9,11-12H,2-3,6-7H2,1H3,(H,13,14). The summed E-state index contributed by atoms with van der Waals surface area (Å²) in [6, 6.07) is 3.30. The number of aromatic amines is 1. The molecule has 14 heavy (non-hydrogen) atoms. The fourth-order valence-corrected chi connectivity index (χ4v) is 1.37. The van der Waals surface area contributed by atoms with Gasteiger partial charge in [-0.25, -0.2) is 0 Å². The van der Waals surface area contributed by atoms with Gasteiger partial charge in [0, 0.05) is 37.1 Å². The van der Waals surface area contributed by atoms with Crippen LogP contribution in [0.3, 0.4) is 0 Å². The Morgan fingerprint density at radius 1 is 1.64 bits per heavy atom. The molecule has 0 aliphatic heterocycles. The Kier molecular flexibility index (Phi) is 3.16. The molecule has 78 valence electrons. The smallest absolute Gasteiger partial charge is 0.0490 e. The highest BCUT2D eigenvalue weighted by molar-refractivity contribution is 4.96. The number of H-pyrrole nitrogens is 1. The molecule has 0 radical (unpaired) electrons. The molecule has 4 heteroatoms. The van der Waals surface area contributed by atoms with Gasteiger partial charge in [-0.2, -0.15) is 5.10 Å². The lowest BCUT2D eigenvalue weighted by atomic mass is 10.3. The van der Waals surface area contributed by atoms with Crippen LogP contribution in [0.15, 0.2) is 12.3 Å². The van der Waals surface area contributed by atoms with Crippen molar-refractivity contribution in [2.45, 2.75) is 38.4 Å². The maximum Gasteiger partial charge on any atom is 0.0490 e. The van der Waals surface area contributed by atoms with Crippen molar-refractivity contribution in [3.8, 4) is 0 Å². The minimum Gasteiger partial charge on any atom is -0.312 e. The zero-order valence-corrected chi connectivity index (χ0v) is 8.59. The van der Waals surface area contributed by atoms with Crippen molar-refractivity contribution in [2.75, 3.05) is 6.54 Å². The number of nitrogens with zero attached hydrogens (tertiary/aromatic N) is 1. The van der Waals surface area contributed by atoms with Gasteiger partial charge in [-0.05, 0) is 25.8 Å². The molecule has 2 rings (SSSR count). The summed E-state index contributed by atoms with van der Waals surface area (Å²) in [4.78, 5) is 0. The highest BCUT2D eigenvalue weighted by Crippen LogP contribution is 2.18. The number of aromatic nitrogens is 2. The van der Waals surface area contributed by atoms with Crippen molar-refractivity contribution in [3.63, 3.8) is 0 Å². The molecule has 1 unspecified atom stereocenters. The summed E-state index contributed by atoms with van der Waals surface area (Å²) in [7, 11) is 0. The van der Waals surface area contributed by atoms with Gasteiger partial charge >= 0.3 is 0 Å². The van der Waals surface area contributed by atoms with E-state index >= 15 is 0 Å².